The van der Waals surface area contributed by atoms with Gasteiger partial charge in [-0.15, -0.1) is 0 Å². The molecule has 0 unspecified atom stereocenters. The van der Waals surface area contributed by atoms with Crippen LogP contribution in [0, 0.1) is 6.92 Å². The van der Waals surface area contributed by atoms with Crippen LogP contribution in [0.25, 0.3) is 0 Å². The smallest absolute Gasteiger partial charge is 0.251 e. The molecule has 144 valence electrons. The normalized spacial score (nSPS) is 10.3. The lowest BCUT2D eigenvalue weighted by atomic mass is 10.2. The van der Waals surface area contributed by atoms with Gasteiger partial charge in [0.15, 0.2) is 0 Å². The maximum Gasteiger partial charge on any atom is 0.251 e. The van der Waals surface area contributed by atoms with Gasteiger partial charge in [0.2, 0.25) is 5.91 Å². The van der Waals surface area contributed by atoms with Crippen molar-refractivity contribution < 1.29 is 9.59 Å². The van der Waals surface area contributed by atoms with Gasteiger partial charge in [-0.25, -0.2) is 0 Å². The van der Waals surface area contributed by atoms with E-state index in [-0.39, 0.29) is 18.2 Å². The summed E-state index contributed by atoms with van der Waals surface area (Å²) in [6.45, 7) is 6.68. The Balaban J connectivity index is 1.68. The molecule has 0 aromatic heterocycles. The van der Waals surface area contributed by atoms with Crippen molar-refractivity contribution in [3.05, 3.63) is 64.1 Å². The van der Waals surface area contributed by atoms with Gasteiger partial charge in [-0.1, -0.05) is 28.1 Å². The first kappa shape index (κ1) is 21.0. The van der Waals surface area contributed by atoms with Gasteiger partial charge in [-0.2, -0.15) is 0 Å². The summed E-state index contributed by atoms with van der Waals surface area (Å²) in [5, 5.41) is 5.68. The van der Waals surface area contributed by atoms with E-state index >= 15 is 0 Å². The fraction of sp³-hybridized carbons (Fsp3) is 0.333. The predicted molar refractivity (Wildman–Crippen MR) is 113 cm³/mol. The van der Waals surface area contributed by atoms with Crippen LogP contribution in [0.2, 0.25) is 0 Å². The Bertz CT molecular complexity index is 762. The van der Waals surface area contributed by atoms with Gasteiger partial charge >= 0.3 is 0 Å². The molecule has 2 aromatic rings. The number of hydrogen-bond donors (Lipinski definition) is 2. The summed E-state index contributed by atoms with van der Waals surface area (Å²) in [6, 6.07) is 15.4. The minimum absolute atomic E-state index is 0.0635. The van der Waals surface area contributed by atoms with Crippen molar-refractivity contribution in [2.24, 2.45) is 0 Å². The Hall–Kier alpha value is -2.34. The van der Waals surface area contributed by atoms with Crippen LogP contribution in [-0.4, -0.2) is 38.0 Å². The average Bonchev–Trinajstić information content (AvgIpc) is 2.65. The summed E-state index contributed by atoms with van der Waals surface area (Å²) in [6.07, 6.45) is 0.263. The van der Waals surface area contributed by atoms with E-state index in [4.69, 9.17) is 0 Å². The van der Waals surface area contributed by atoms with Crippen LogP contribution in [0.1, 0.15) is 29.3 Å². The Labute approximate surface area is 169 Å². The number of carbonyl (C=O) groups is 2. The number of nitrogens with zero attached hydrogens (tertiary/aromatic N) is 1. The number of benzene rings is 2. The first-order valence-corrected chi connectivity index (χ1v) is 9.91. The minimum Gasteiger partial charge on any atom is -0.370 e. The molecule has 0 heterocycles. The summed E-state index contributed by atoms with van der Waals surface area (Å²) in [5.41, 5.74) is 2.96. The molecule has 0 radical (unpaired) electrons. The number of carbonyl (C=O) groups excluding carboxylic acids is 2. The van der Waals surface area contributed by atoms with E-state index in [0.29, 0.717) is 18.7 Å². The van der Waals surface area contributed by atoms with E-state index in [0.717, 1.165) is 23.2 Å². The van der Waals surface area contributed by atoms with Crippen LogP contribution in [0.4, 0.5) is 5.69 Å². The Kier molecular flexibility index (Phi) is 8.33. The highest BCUT2D eigenvalue weighted by Crippen LogP contribution is 2.15. The number of hydrogen-bond acceptors (Lipinski definition) is 3. The number of nitrogens with one attached hydrogen (secondary N) is 2. The van der Waals surface area contributed by atoms with Gasteiger partial charge in [-0.05, 0) is 55.8 Å². The number of aryl methyl sites for hydroxylation is 1. The summed E-state index contributed by atoms with van der Waals surface area (Å²) in [4.78, 5) is 26.2. The molecule has 2 aromatic carbocycles. The van der Waals surface area contributed by atoms with Gasteiger partial charge in [0.25, 0.3) is 5.91 Å². The maximum atomic E-state index is 12.0. The topological polar surface area (TPSA) is 61.4 Å². The zero-order valence-corrected chi connectivity index (χ0v) is 17.4. The lowest BCUT2D eigenvalue weighted by Gasteiger charge is -2.23. The zero-order chi connectivity index (χ0) is 19.6. The molecule has 0 fully saturated rings. The first-order chi connectivity index (χ1) is 13.0. The molecule has 0 saturated carbocycles. The van der Waals surface area contributed by atoms with Gasteiger partial charge in [0, 0.05) is 48.3 Å². The lowest BCUT2D eigenvalue weighted by molar-refractivity contribution is -0.120. The molecule has 0 aliphatic carbocycles. The number of halogens is 1. The highest BCUT2D eigenvalue weighted by Gasteiger charge is 2.08. The van der Waals surface area contributed by atoms with E-state index in [2.05, 4.69) is 63.5 Å². The first-order valence-electron chi connectivity index (χ1n) is 9.11. The van der Waals surface area contributed by atoms with E-state index < -0.39 is 0 Å². The van der Waals surface area contributed by atoms with E-state index in [1.165, 1.54) is 5.56 Å². The summed E-state index contributed by atoms with van der Waals surface area (Å²) >= 11 is 3.34. The van der Waals surface area contributed by atoms with E-state index in [1.807, 2.05) is 18.2 Å². The SMILES string of the molecule is CCN(CCNC(=O)CCNC(=O)c1ccc(Br)cc1)c1cccc(C)c1. The second-order valence-electron chi connectivity index (χ2n) is 6.28. The molecule has 2 rings (SSSR count). The van der Waals surface area contributed by atoms with Crippen molar-refractivity contribution in [2.75, 3.05) is 31.1 Å². The molecule has 6 heteroatoms. The van der Waals surface area contributed by atoms with Gasteiger partial charge < -0.3 is 15.5 Å². The third-order valence-electron chi connectivity index (χ3n) is 4.20. The number of likely N-dealkylation sites (N-methyl/N-ethyl adjacent to an activating group) is 1. The number of amides is 2. The molecule has 0 aliphatic rings. The average molecular weight is 432 g/mol. The second-order valence-corrected chi connectivity index (χ2v) is 7.20. The molecule has 0 bridgehead atoms. The molecular weight excluding hydrogens is 406 g/mol. The Morgan fingerprint density at radius 2 is 1.78 bits per heavy atom. The highest BCUT2D eigenvalue weighted by atomic mass is 79.9. The van der Waals surface area contributed by atoms with Crippen molar-refractivity contribution in [1.29, 1.82) is 0 Å². The monoisotopic (exact) mass is 431 g/mol. The Morgan fingerprint density at radius 1 is 1.04 bits per heavy atom. The van der Waals surface area contributed by atoms with Gasteiger partial charge in [0.1, 0.15) is 0 Å². The molecule has 5 nitrogen and oxygen atoms in total. The summed E-state index contributed by atoms with van der Waals surface area (Å²) in [5.74, 6) is -0.238. The fourth-order valence-electron chi connectivity index (χ4n) is 2.71. The fourth-order valence-corrected chi connectivity index (χ4v) is 2.97. The second kappa shape index (κ2) is 10.7. The third kappa shape index (κ3) is 7.06. The quantitative estimate of drug-likeness (QED) is 0.638. The van der Waals surface area contributed by atoms with E-state index in [1.54, 1.807) is 12.1 Å². The van der Waals surface area contributed by atoms with Crippen LogP contribution in [0.15, 0.2) is 53.0 Å². The predicted octanol–water partition coefficient (Wildman–Crippen LogP) is 3.52. The Morgan fingerprint density at radius 3 is 2.44 bits per heavy atom. The summed E-state index contributed by atoms with van der Waals surface area (Å²) < 4.78 is 0.921. The van der Waals surface area contributed by atoms with Gasteiger partial charge in [0.05, 0.1) is 0 Å². The minimum atomic E-state index is -0.174. The van der Waals surface area contributed by atoms with Crippen LogP contribution in [0.5, 0.6) is 0 Å². The molecule has 0 saturated heterocycles. The molecule has 0 aliphatic heterocycles. The lowest BCUT2D eigenvalue weighted by Crippen LogP contribution is -2.36. The van der Waals surface area contributed by atoms with Crippen molar-refractivity contribution in [3.63, 3.8) is 0 Å². The van der Waals surface area contributed by atoms with Crippen LogP contribution in [-0.2, 0) is 4.79 Å². The molecule has 27 heavy (non-hydrogen) atoms. The van der Waals surface area contributed by atoms with Gasteiger partial charge in [-0.3, -0.25) is 9.59 Å². The number of anilines is 1. The largest absolute Gasteiger partial charge is 0.370 e. The van der Waals surface area contributed by atoms with Crippen molar-refractivity contribution >= 4 is 33.4 Å². The summed E-state index contributed by atoms with van der Waals surface area (Å²) in [7, 11) is 0. The molecule has 2 N–H and O–H groups in total. The molecular formula is C21H26BrN3O2. The number of rotatable bonds is 9. The van der Waals surface area contributed by atoms with Crippen molar-refractivity contribution in [3.8, 4) is 0 Å². The third-order valence-corrected chi connectivity index (χ3v) is 4.73. The van der Waals surface area contributed by atoms with E-state index in [9.17, 15) is 9.59 Å². The standard InChI is InChI=1S/C21H26BrN3O2/c1-3-25(19-6-4-5-16(2)15-19)14-13-23-20(26)11-12-24-21(27)17-7-9-18(22)10-8-17/h4-10,15H,3,11-14H2,1-2H3,(H,23,26)(H,24,27). The molecule has 0 spiro atoms. The molecule has 0 atom stereocenters. The maximum absolute atomic E-state index is 12.0. The van der Waals surface area contributed by atoms with Crippen LogP contribution in [0.3, 0.4) is 0 Å². The highest BCUT2D eigenvalue weighted by molar-refractivity contribution is 9.10. The molecule has 2 amide bonds. The van der Waals surface area contributed by atoms with Crippen molar-refractivity contribution in [1.82, 2.24) is 10.6 Å². The van der Waals surface area contributed by atoms with Crippen LogP contribution >= 0.6 is 15.9 Å². The zero-order valence-electron chi connectivity index (χ0n) is 15.8. The van der Waals surface area contributed by atoms with Crippen molar-refractivity contribution in [2.45, 2.75) is 20.3 Å². The van der Waals surface area contributed by atoms with Crippen LogP contribution < -0.4 is 15.5 Å².